The average Bonchev–Trinajstić information content (AvgIpc) is 3.28. The van der Waals surface area contributed by atoms with Gasteiger partial charge >= 0.3 is 5.97 Å². The zero-order valence-electron chi connectivity index (χ0n) is 15.8. The Morgan fingerprint density at radius 2 is 2.07 bits per heavy atom. The Bertz CT molecular complexity index is 947. The Morgan fingerprint density at radius 1 is 1.25 bits per heavy atom. The molecule has 8 heteroatoms. The molecule has 2 aromatic heterocycles. The van der Waals surface area contributed by atoms with Crippen LogP contribution >= 0.6 is 0 Å². The quantitative estimate of drug-likeness (QED) is 0.724. The van der Waals surface area contributed by atoms with Crippen LogP contribution in [0.1, 0.15) is 53.5 Å². The monoisotopic (exact) mass is 381 g/mol. The molecule has 146 valence electrons. The molecule has 0 bridgehead atoms. The molecule has 1 aliphatic rings. The SMILES string of the molecule is Cn1cc(-c2nc(C3CCCCCN3Cc3ccc(C(=O)O)cc3)no2)cn1. The number of carbonyl (C=O) groups is 1. The van der Waals surface area contributed by atoms with Crippen molar-refractivity contribution in [1.29, 1.82) is 0 Å². The summed E-state index contributed by atoms with van der Waals surface area (Å²) in [5.41, 5.74) is 2.19. The van der Waals surface area contributed by atoms with E-state index in [1.807, 2.05) is 25.4 Å². The van der Waals surface area contributed by atoms with Crippen LogP contribution in [0.25, 0.3) is 11.5 Å². The second-order valence-electron chi connectivity index (χ2n) is 7.20. The number of hydrogen-bond donors (Lipinski definition) is 1. The summed E-state index contributed by atoms with van der Waals surface area (Å²) in [5, 5.41) is 17.5. The maximum atomic E-state index is 11.1. The predicted molar refractivity (Wildman–Crippen MR) is 102 cm³/mol. The van der Waals surface area contributed by atoms with Gasteiger partial charge in [0.1, 0.15) is 0 Å². The van der Waals surface area contributed by atoms with Gasteiger partial charge in [-0.15, -0.1) is 0 Å². The highest BCUT2D eigenvalue weighted by atomic mass is 16.5. The van der Waals surface area contributed by atoms with Gasteiger partial charge in [0.05, 0.1) is 23.4 Å². The van der Waals surface area contributed by atoms with E-state index >= 15 is 0 Å². The lowest BCUT2D eigenvalue weighted by molar-refractivity contribution is 0.0697. The number of aromatic carboxylic acids is 1. The largest absolute Gasteiger partial charge is 0.478 e. The van der Waals surface area contributed by atoms with Gasteiger partial charge in [-0.25, -0.2) is 4.79 Å². The fourth-order valence-electron chi connectivity index (χ4n) is 3.66. The number of nitrogens with zero attached hydrogens (tertiary/aromatic N) is 5. The zero-order chi connectivity index (χ0) is 19.5. The minimum Gasteiger partial charge on any atom is -0.478 e. The molecule has 0 radical (unpaired) electrons. The highest BCUT2D eigenvalue weighted by Crippen LogP contribution is 2.31. The topological polar surface area (TPSA) is 97.3 Å². The Labute approximate surface area is 162 Å². The molecule has 1 atom stereocenters. The van der Waals surface area contributed by atoms with Gasteiger partial charge in [0.25, 0.3) is 5.89 Å². The molecule has 3 aromatic rings. The normalized spacial score (nSPS) is 18.1. The number of carboxylic acid groups (broad SMARTS) is 1. The van der Waals surface area contributed by atoms with Crippen molar-refractivity contribution in [2.45, 2.75) is 38.3 Å². The standard InChI is InChI=1S/C20H23N5O3/c1-24-13-16(11-21-24)19-22-18(23-28-19)17-5-3-2-4-10-25(17)12-14-6-8-15(9-7-14)20(26)27/h6-9,11,13,17H,2-5,10,12H2,1H3,(H,26,27). The second kappa shape index (κ2) is 7.93. The first-order valence-corrected chi connectivity index (χ1v) is 9.49. The maximum absolute atomic E-state index is 11.1. The molecule has 1 fully saturated rings. The van der Waals surface area contributed by atoms with Gasteiger partial charge in [-0.05, 0) is 37.1 Å². The smallest absolute Gasteiger partial charge is 0.335 e. The van der Waals surface area contributed by atoms with E-state index in [2.05, 4.69) is 20.1 Å². The van der Waals surface area contributed by atoms with Crippen molar-refractivity contribution in [1.82, 2.24) is 24.8 Å². The Morgan fingerprint density at radius 3 is 2.79 bits per heavy atom. The predicted octanol–water partition coefficient (Wildman–Crippen LogP) is 3.29. The molecule has 0 saturated carbocycles. The van der Waals surface area contributed by atoms with Crippen molar-refractivity contribution in [2.75, 3.05) is 6.54 Å². The molecule has 1 N–H and O–H groups in total. The van der Waals surface area contributed by atoms with E-state index in [9.17, 15) is 4.79 Å². The van der Waals surface area contributed by atoms with Gasteiger partial charge in [-0.3, -0.25) is 9.58 Å². The van der Waals surface area contributed by atoms with Crippen LogP contribution < -0.4 is 0 Å². The summed E-state index contributed by atoms with van der Waals surface area (Å²) in [6.45, 7) is 1.67. The van der Waals surface area contributed by atoms with Crippen LogP contribution in [0.5, 0.6) is 0 Å². The van der Waals surface area contributed by atoms with Gasteiger partial charge in [0.15, 0.2) is 5.82 Å². The van der Waals surface area contributed by atoms with E-state index in [0.717, 1.165) is 43.5 Å². The van der Waals surface area contributed by atoms with Crippen LogP contribution in [0.2, 0.25) is 0 Å². The van der Waals surface area contributed by atoms with Gasteiger partial charge in [-0.2, -0.15) is 10.1 Å². The average molecular weight is 381 g/mol. The molecule has 0 spiro atoms. The van der Waals surface area contributed by atoms with Crippen molar-refractivity contribution in [3.05, 3.63) is 53.6 Å². The molecular formula is C20H23N5O3. The van der Waals surface area contributed by atoms with E-state index in [1.165, 1.54) is 6.42 Å². The Balaban J connectivity index is 1.55. The summed E-state index contributed by atoms with van der Waals surface area (Å²) in [5.74, 6) is 0.273. The van der Waals surface area contributed by atoms with Crippen LogP contribution in [0.3, 0.4) is 0 Å². The summed E-state index contributed by atoms with van der Waals surface area (Å²) in [4.78, 5) is 18.1. The fraction of sp³-hybridized carbons (Fsp3) is 0.400. The third-order valence-corrected chi connectivity index (χ3v) is 5.14. The summed E-state index contributed by atoms with van der Waals surface area (Å²) >= 11 is 0. The van der Waals surface area contributed by atoms with Gasteiger partial charge in [0.2, 0.25) is 0 Å². The molecule has 4 rings (SSSR count). The van der Waals surface area contributed by atoms with Crippen molar-refractivity contribution < 1.29 is 14.4 Å². The number of benzene rings is 1. The van der Waals surface area contributed by atoms with Crippen LogP contribution in [0.15, 0.2) is 41.2 Å². The molecule has 8 nitrogen and oxygen atoms in total. The van der Waals surface area contributed by atoms with E-state index in [4.69, 9.17) is 9.63 Å². The lowest BCUT2D eigenvalue weighted by Gasteiger charge is -2.27. The highest BCUT2D eigenvalue weighted by Gasteiger charge is 2.27. The van der Waals surface area contributed by atoms with Gasteiger partial charge < -0.3 is 9.63 Å². The number of aryl methyl sites for hydroxylation is 1. The lowest BCUT2D eigenvalue weighted by atomic mass is 10.1. The summed E-state index contributed by atoms with van der Waals surface area (Å²) in [6.07, 6.45) is 7.96. The Kier molecular flexibility index (Phi) is 5.21. The summed E-state index contributed by atoms with van der Waals surface area (Å²) in [7, 11) is 1.85. The molecule has 0 amide bonds. The lowest BCUT2D eigenvalue weighted by Crippen LogP contribution is -2.29. The maximum Gasteiger partial charge on any atom is 0.335 e. The molecular weight excluding hydrogens is 358 g/mol. The summed E-state index contributed by atoms with van der Waals surface area (Å²) in [6, 6.07) is 7.14. The van der Waals surface area contributed by atoms with Crippen LogP contribution in [-0.4, -0.2) is 42.4 Å². The van der Waals surface area contributed by atoms with E-state index in [0.29, 0.717) is 17.3 Å². The van der Waals surface area contributed by atoms with Crippen molar-refractivity contribution >= 4 is 5.97 Å². The highest BCUT2D eigenvalue weighted by molar-refractivity contribution is 5.87. The third kappa shape index (κ3) is 3.96. The molecule has 1 aliphatic heterocycles. The molecule has 3 heterocycles. The number of hydrogen-bond acceptors (Lipinski definition) is 6. The molecule has 1 saturated heterocycles. The number of carboxylic acids is 1. The van der Waals surface area contributed by atoms with E-state index in [-0.39, 0.29) is 6.04 Å². The second-order valence-corrected chi connectivity index (χ2v) is 7.20. The minimum atomic E-state index is -0.908. The fourth-order valence-corrected chi connectivity index (χ4v) is 3.66. The minimum absolute atomic E-state index is 0.0795. The number of rotatable bonds is 5. The molecule has 1 unspecified atom stereocenters. The molecule has 28 heavy (non-hydrogen) atoms. The summed E-state index contributed by atoms with van der Waals surface area (Å²) < 4.78 is 7.20. The zero-order valence-corrected chi connectivity index (χ0v) is 15.8. The molecule has 1 aromatic carbocycles. The van der Waals surface area contributed by atoms with Crippen molar-refractivity contribution in [3.8, 4) is 11.5 Å². The van der Waals surface area contributed by atoms with Crippen molar-refractivity contribution in [2.24, 2.45) is 7.05 Å². The van der Waals surface area contributed by atoms with Gasteiger partial charge in [0, 0.05) is 19.8 Å². The third-order valence-electron chi connectivity index (χ3n) is 5.14. The van der Waals surface area contributed by atoms with E-state index < -0.39 is 5.97 Å². The van der Waals surface area contributed by atoms with Crippen molar-refractivity contribution in [3.63, 3.8) is 0 Å². The van der Waals surface area contributed by atoms with Crippen LogP contribution in [0.4, 0.5) is 0 Å². The number of aromatic nitrogens is 4. The van der Waals surface area contributed by atoms with Crippen LogP contribution in [0, 0.1) is 0 Å². The first-order chi connectivity index (χ1) is 13.6. The number of likely N-dealkylation sites (tertiary alicyclic amines) is 1. The van der Waals surface area contributed by atoms with Gasteiger partial charge in [-0.1, -0.05) is 30.1 Å². The van der Waals surface area contributed by atoms with Crippen LogP contribution in [-0.2, 0) is 13.6 Å². The van der Waals surface area contributed by atoms with E-state index in [1.54, 1.807) is 23.0 Å². The first kappa shape index (κ1) is 18.4. The molecule has 0 aliphatic carbocycles. The first-order valence-electron chi connectivity index (χ1n) is 9.49. The Hall–Kier alpha value is -3.00.